The van der Waals surface area contributed by atoms with Crippen molar-refractivity contribution in [3.8, 4) is 0 Å². The fourth-order valence-corrected chi connectivity index (χ4v) is 2.02. The lowest BCUT2D eigenvalue weighted by atomic mass is 10.0. The third kappa shape index (κ3) is 4.33. The van der Waals surface area contributed by atoms with Crippen LogP contribution in [0.1, 0.15) is 18.9 Å². The molecule has 15 heavy (non-hydrogen) atoms. The van der Waals surface area contributed by atoms with Gasteiger partial charge in [-0.3, -0.25) is 0 Å². The lowest BCUT2D eigenvalue weighted by molar-refractivity contribution is 0.501. The molecule has 0 aromatic heterocycles. The minimum atomic E-state index is 0.521. The molecule has 1 atom stereocenters. The number of hydrogen-bond donors (Lipinski definition) is 2. The Labute approximate surface area is 100 Å². The topological polar surface area (TPSA) is 38.0 Å². The van der Waals surface area contributed by atoms with Gasteiger partial charge in [-0.1, -0.05) is 41.1 Å². The van der Waals surface area contributed by atoms with Crippen molar-refractivity contribution < 1.29 is 0 Å². The van der Waals surface area contributed by atoms with Crippen molar-refractivity contribution in [3.05, 3.63) is 34.3 Å². The van der Waals surface area contributed by atoms with Crippen molar-refractivity contribution in [1.29, 1.82) is 0 Å². The van der Waals surface area contributed by atoms with E-state index in [2.05, 4.69) is 46.4 Å². The van der Waals surface area contributed by atoms with Crippen molar-refractivity contribution in [1.82, 2.24) is 5.32 Å². The van der Waals surface area contributed by atoms with Gasteiger partial charge in [-0.05, 0) is 24.5 Å². The molecule has 1 unspecified atom stereocenters. The van der Waals surface area contributed by atoms with E-state index < -0.39 is 0 Å². The summed E-state index contributed by atoms with van der Waals surface area (Å²) in [5, 5.41) is 3.45. The van der Waals surface area contributed by atoms with Crippen LogP contribution in [0, 0.1) is 0 Å². The lowest BCUT2D eigenvalue weighted by Gasteiger charge is -2.17. The first-order valence-electron chi connectivity index (χ1n) is 5.44. The van der Waals surface area contributed by atoms with Crippen LogP contribution in [0.2, 0.25) is 0 Å². The molecule has 0 saturated carbocycles. The zero-order chi connectivity index (χ0) is 11.1. The summed E-state index contributed by atoms with van der Waals surface area (Å²) < 4.78 is 1.19. The maximum absolute atomic E-state index is 5.48. The highest BCUT2D eigenvalue weighted by molar-refractivity contribution is 9.10. The first kappa shape index (κ1) is 12.7. The number of halogens is 1. The highest BCUT2D eigenvalue weighted by Gasteiger charge is 2.07. The lowest BCUT2D eigenvalue weighted by Crippen LogP contribution is -2.34. The van der Waals surface area contributed by atoms with Gasteiger partial charge < -0.3 is 11.1 Å². The monoisotopic (exact) mass is 270 g/mol. The van der Waals surface area contributed by atoms with Crippen LogP contribution in [0.4, 0.5) is 0 Å². The van der Waals surface area contributed by atoms with Crippen LogP contribution in [-0.4, -0.2) is 19.1 Å². The summed E-state index contributed by atoms with van der Waals surface area (Å²) >= 11 is 3.57. The minimum Gasteiger partial charge on any atom is -0.329 e. The van der Waals surface area contributed by atoms with Crippen LogP contribution < -0.4 is 11.1 Å². The molecule has 0 saturated heterocycles. The van der Waals surface area contributed by atoms with E-state index in [1.165, 1.54) is 10.0 Å². The van der Waals surface area contributed by atoms with Gasteiger partial charge in [0.15, 0.2) is 0 Å². The van der Waals surface area contributed by atoms with Crippen LogP contribution in [0.3, 0.4) is 0 Å². The third-order valence-corrected chi connectivity index (χ3v) is 3.27. The molecule has 2 nitrogen and oxygen atoms in total. The molecule has 0 aliphatic rings. The summed E-state index contributed by atoms with van der Waals surface area (Å²) in [6.07, 6.45) is 2.18. The van der Waals surface area contributed by atoms with Crippen LogP contribution in [0.5, 0.6) is 0 Å². The van der Waals surface area contributed by atoms with Gasteiger partial charge in [0.2, 0.25) is 0 Å². The first-order chi connectivity index (χ1) is 7.27. The minimum absolute atomic E-state index is 0.521. The highest BCUT2D eigenvalue weighted by Crippen LogP contribution is 2.18. The van der Waals surface area contributed by atoms with Crippen molar-refractivity contribution in [2.45, 2.75) is 25.8 Å². The summed E-state index contributed by atoms with van der Waals surface area (Å²) in [7, 11) is 0. The molecular formula is C12H19BrN2. The zero-order valence-electron chi connectivity index (χ0n) is 9.17. The van der Waals surface area contributed by atoms with Gasteiger partial charge in [0.1, 0.15) is 0 Å². The average Bonchev–Trinajstić information content (AvgIpc) is 2.26. The second-order valence-electron chi connectivity index (χ2n) is 3.64. The van der Waals surface area contributed by atoms with Gasteiger partial charge in [-0.15, -0.1) is 0 Å². The molecule has 1 aromatic carbocycles. The molecule has 3 heteroatoms. The summed E-state index contributed by atoms with van der Waals surface area (Å²) in [4.78, 5) is 0. The van der Waals surface area contributed by atoms with Gasteiger partial charge >= 0.3 is 0 Å². The van der Waals surface area contributed by atoms with E-state index in [0.717, 1.165) is 19.4 Å². The molecule has 0 aliphatic carbocycles. The van der Waals surface area contributed by atoms with E-state index >= 15 is 0 Å². The number of hydrogen-bond acceptors (Lipinski definition) is 2. The summed E-state index contributed by atoms with van der Waals surface area (Å²) in [5.41, 5.74) is 6.84. The van der Waals surface area contributed by atoms with Crippen LogP contribution in [0.25, 0.3) is 0 Å². The second-order valence-corrected chi connectivity index (χ2v) is 4.50. The van der Waals surface area contributed by atoms with Gasteiger partial charge in [0.25, 0.3) is 0 Å². The van der Waals surface area contributed by atoms with Crippen LogP contribution in [0.15, 0.2) is 28.7 Å². The SMILES string of the molecule is CCC(Cc1ccccc1Br)NCCN. The first-order valence-corrected chi connectivity index (χ1v) is 6.24. The smallest absolute Gasteiger partial charge is 0.0207 e. The molecule has 0 amide bonds. The Balaban J connectivity index is 2.54. The maximum Gasteiger partial charge on any atom is 0.0207 e. The molecule has 3 N–H and O–H groups in total. The second kappa shape index (κ2) is 6.99. The van der Waals surface area contributed by atoms with Gasteiger partial charge in [0.05, 0.1) is 0 Å². The van der Waals surface area contributed by atoms with E-state index in [4.69, 9.17) is 5.73 Å². The van der Waals surface area contributed by atoms with Crippen LogP contribution in [-0.2, 0) is 6.42 Å². The third-order valence-electron chi connectivity index (χ3n) is 2.49. The number of nitrogens with one attached hydrogen (secondary N) is 1. The predicted molar refractivity (Wildman–Crippen MR) is 69.0 cm³/mol. The molecule has 1 aromatic rings. The summed E-state index contributed by atoms with van der Waals surface area (Å²) in [6.45, 7) is 3.79. The van der Waals surface area contributed by atoms with Crippen molar-refractivity contribution >= 4 is 15.9 Å². The highest BCUT2D eigenvalue weighted by atomic mass is 79.9. The zero-order valence-corrected chi connectivity index (χ0v) is 10.8. The Bertz CT molecular complexity index is 289. The molecule has 0 bridgehead atoms. The molecule has 0 spiro atoms. The molecule has 0 heterocycles. The Morgan fingerprint density at radius 3 is 2.73 bits per heavy atom. The fourth-order valence-electron chi connectivity index (χ4n) is 1.58. The molecule has 84 valence electrons. The number of nitrogens with two attached hydrogens (primary N) is 1. The van der Waals surface area contributed by atoms with Gasteiger partial charge in [0, 0.05) is 23.6 Å². The fraction of sp³-hybridized carbons (Fsp3) is 0.500. The Morgan fingerprint density at radius 1 is 1.40 bits per heavy atom. The van der Waals surface area contributed by atoms with Gasteiger partial charge in [-0.2, -0.15) is 0 Å². The van der Waals surface area contributed by atoms with Gasteiger partial charge in [-0.25, -0.2) is 0 Å². The van der Waals surface area contributed by atoms with Crippen molar-refractivity contribution in [2.75, 3.05) is 13.1 Å². The van der Waals surface area contributed by atoms with E-state index in [9.17, 15) is 0 Å². The average molecular weight is 271 g/mol. The van der Waals surface area contributed by atoms with Crippen molar-refractivity contribution in [2.24, 2.45) is 5.73 Å². The van der Waals surface area contributed by atoms with Crippen molar-refractivity contribution in [3.63, 3.8) is 0 Å². The van der Waals surface area contributed by atoms with E-state index in [0.29, 0.717) is 12.6 Å². The summed E-state index contributed by atoms with van der Waals surface area (Å²) in [6, 6.07) is 8.90. The quantitative estimate of drug-likeness (QED) is 0.833. The Morgan fingerprint density at radius 2 is 2.13 bits per heavy atom. The number of benzene rings is 1. The molecular weight excluding hydrogens is 252 g/mol. The molecule has 0 aliphatic heterocycles. The van der Waals surface area contributed by atoms with E-state index in [-0.39, 0.29) is 0 Å². The van der Waals surface area contributed by atoms with E-state index in [1.54, 1.807) is 0 Å². The Kier molecular flexibility index (Phi) is 5.91. The standard InChI is InChI=1S/C12H19BrN2/c1-2-11(15-8-7-14)9-10-5-3-4-6-12(10)13/h3-6,11,15H,2,7-9,14H2,1H3. The normalized spacial score (nSPS) is 12.7. The largest absolute Gasteiger partial charge is 0.329 e. The molecule has 1 rings (SSSR count). The number of rotatable bonds is 6. The molecule has 0 fully saturated rings. The van der Waals surface area contributed by atoms with E-state index in [1.807, 2.05) is 6.07 Å². The maximum atomic E-state index is 5.48. The molecule has 0 radical (unpaired) electrons. The predicted octanol–water partition coefficient (Wildman–Crippen LogP) is 2.32. The Hall–Kier alpha value is -0.380. The summed E-state index contributed by atoms with van der Waals surface area (Å²) in [5.74, 6) is 0. The van der Waals surface area contributed by atoms with Crippen LogP contribution >= 0.6 is 15.9 Å².